The van der Waals surface area contributed by atoms with Crippen LogP contribution >= 0.6 is 0 Å². The van der Waals surface area contributed by atoms with Crippen LogP contribution in [0.3, 0.4) is 0 Å². The number of nitrogens with zero attached hydrogens (tertiary/aromatic N) is 1. The molecule has 0 amide bonds. The van der Waals surface area contributed by atoms with Crippen molar-refractivity contribution >= 4 is 51.9 Å². The lowest BCUT2D eigenvalue weighted by Gasteiger charge is -2.44. The Morgan fingerprint density at radius 2 is 0.593 bits per heavy atom. The Morgan fingerprint density at radius 1 is 0.353 bits per heavy atom. The van der Waals surface area contributed by atoms with Gasteiger partial charge in [-0.25, -0.2) is 8.42 Å². The number of nitrogens with one attached hydrogen (secondary N) is 1. The van der Waals surface area contributed by atoms with Crippen LogP contribution in [-0.2, 0) is 81.6 Å². The number of halogens is 30. The van der Waals surface area contributed by atoms with Gasteiger partial charge in [0.25, 0.3) is 28.0 Å². The Balaban J connectivity index is -0.000000316. The molecule has 1 heterocycles. The van der Waals surface area contributed by atoms with Crippen LogP contribution < -0.4 is 4.90 Å². The molecule has 1 rings (SSSR count). The summed E-state index contributed by atoms with van der Waals surface area (Å²) in [5.41, 5.74) is -41.4. The number of hydrogen-bond acceptors (Lipinski definition) is 24. The Labute approximate surface area is 859 Å². The molecule has 0 aliphatic carbocycles. The average Bonchev–Trinajstić information content (AvgIpc) is 0.732. The fourth-order valence-corrected chi connectivity index (χ4v) is 11.5. The Bertz CT molecular complexity index is 3750. The van der Waals surface area contributed by atoms with Crippen LogP contribution in [0.4, 0.5) is 132 Å². The predicted molar refractivity (Wildman–Crippen MR) is 488 cm³/mol. The van der Waals surface area contributed by atoms with Crippen LogP contribution in [0, 0.1) is 44.3 Å². The van der Waals surface area contributed by atoms with Crippen molar-refractivity contribution in [1.29, 1.82) is 0 Å². The predicted octanol–water partition coefficient (Wildman–Crippen LogP) is 22.7. The molecule has 1 fully saturated rings. The maximum Gasteiger partial charge on any atom is 0.430 e. The first-order valence-electron chi connectivity index (χ1n) is 47.7. The molecule has 150 heavy (non-hydrogen) atoms. The summed E-state index contributed by atoms with van der Waals surface area (Å²) >= 11 is 0. The number of unbranched alkanes of at least 4 members (excludes halogenated alkanes) is 4. The van der Waals surface area contributed by atoms with Crippen LogP contribution in [0.25, 0.3) is 0 Å². The van der Waals surface area contributed by atoms with Crippen molar-refractivity contribution in [2.24, 2.45) is 44.3 Å². The molecule has 1 aliphatic rings. The van der Waals surface area contributed by atoms with Gasteiger partial charge in [0, 0.05) is 31.1 Å². The van der Waals surface area contributed by atoms with Crippen molar-refractivity contribution in [3.8, 4) is 0 Å². The highest BCUT2D eigenvalue weighted by atomic mass is 32.2. The van der Waals surface area contributed by atoms with Gasteiger partial charge in [0.15, 0.2) is 16.8 Å². The molecule has 3 atom stereocenters. The van der Waals surface area contributed by atoms with Gasteiger partial charge in [-0.2, -0.15) is 132 Å². The van der Waals surface area contributed by atoms with Gasteiger partial charge < -0.3 is 77.8 Å². The lowest BCUT2D eigenvalue weighted by atomic mass is 9.83. The Morgan fingerprint density at radius 3 is 0.793 bits per heavy atom. The first-order valence-corrected chi connectivity index (χ1v) is 49.2. The molecule has 0 bridgehead atoms. The van der Waals surface area contributed by atoms with Crippen LogP contribution in [0.2, 0.25) is 0 Å². The van der Waals surface area contributed by atoms with Gasteiger partial charge in [0.2, 0.25) is 0 Å². The number of hydrogen-bond donors (Lipinski definition) is 6. The maximum atomic E-state index is 12.8. The third-order valence-electron chi connectivity index (χ3n) is 24.9. The molecule has 3 unspecified atom stereocenters. The second-order valence-corrected chi connectivity index (χ2v) is 44.1. The largest absolute Gasteiger partial charge is 0.748 e. The van der Waals surface area contributed by atoms with E-state index in [0.717, 1.165) is 58.7 Å². The van der Waals surface area contributed by atoms with E-state index in [4.69, 9.17) is 23.7 Å². The molecule has 1 saturated heterocycles. The van der Waals surface area contributed by atoms with E-state index in [1.807, 2.05) is 39.8 Å². The van der Waals surface area contributed by atoms with Crippen LogP contribution in [0.1, 0.15) is 324 Å². The summed E-state index contributed by atoms with van der Waals surface area (Å²) in [4.78, 5) is 85.6. The number of carbonyl (C=O) groups is 7. The van der Waals surface area contributed by atoms with E-state index in [0.29, 0.717) is 80.4 Å². The zero-order chi connectivity index (χ0) is 122. The van der Waals surface area contributed by atoms with Crippen molar-refractivity contribution in [3.63, 3.8) is 0 Å². The van der Waals surface area contributed by atoms with Gasteiger partial charge in [-0.1, -0.05) is 109 Å². The second-order valence-electron chi connectivity index (χ2n) is 42.3. The SMILES string of the molecule is CCC(C)(C)C(=O)OC(C)(C)C(O)(C(F)(F)F)C(F)(F)F.CCC(C)(C)C(=O)OC(C)(C)C(O)(C(F)(F)F)C(F)(F)F.CCC(C)(C)C(=O)OC(C)(C)C(O)(C(F)(F)F)C(F)(F)F.CCC(C)(C)C(=O)OC(CC(C)C)CC(O)(C(F)(F)F)C(F)(F)F.CCC(C)(C)C(=O)OC(CC(C)C)CC(O)(C(F)(F)F)C(F)(F)F.CCC(C)(C)C(=O)OCCN(C)C.CCC(C)S(=O)(=O)[O-].CCCCCCCC(=O)OCC[NH+]1CCOCC1. The van der Waals surface area contributed by atoms with E-state index in [-0.39, 0.29) is 61.3 Å². The molecule has 0 aromatic heterocycles. The van der Waals surface area contributed by atoms with Crippen LogP contribution in [0.5, 0.6) is 0 Å². The van der Waals surface area contributed by atoms with E-state index in [2.05, 4.69) is 21.1 Å². The zero-order valence-corrected chi connectivity index (χ0v) is 92.2. The smallest absolute Gasteiger partial charge is 0.430 e. The van der Waals surface area contributed by atoms with Gasteiger partial charge in [-0.3, -0.25) is 33.6 Å². The highest BCUT2D eigenvalue weighted by molar-refractivity contribution is 7.86. The van der Waals surface area contributed by atoms with E-state index in [1.165, 1.54) is 121 Å². The molecule has 1 aliphatic heterocycles. The number of aliphatic hydroxyl groups is 5. The van der Waals surface area contributed by atoms with E-state index < -0.39 is 204 Å². The van der Waals surface area contributed by atoms with E-state index in [1.54, 1.807) is 48.5 Å². The minimum absolute atomic E-state index is 0.0286. The topological polar surface area (TPSA) is 359 Å². The molecule has 56 heteroatoms. The number of ether oxygens (including phenoxy) is 8. The summed E-state index contributed by atoms with van der Waals surface area (Å²) in [6.45, 7) is 47.7. The molecule has 0 spiro atoms. The van der Waals surface area contributed by atoms with Gasteiger partial charge in [-0.05, 0) is 222 Å². The number of alkyl halides is 30. The molecule has 0 aromatic rings. The molecule has 0 radical (unpaired) electrons. The van der Waals surface area contributed by atoms with Crippen LogP contribution in [-0.4, -0.2) is 276 Å². The number of carbonyl (C=O) groups excluding carboxylic acids is 7. The third kappa shape index (κ3) is 48.5. The fourth-order valence-electron chi connectivity index (χ4n) is 11.1. The van der Waals surface area contributed by atoms with Gasteiger partial charge in [-0.15, -0.1) is 0 Å². The highest BCUT2D eigenvalue weighted by Crippen LogP contribution is 2.56. The maximum absolute atomic E-state index is 12.8. The Hall–Kier alpha value is -6.22. The van der Waals surface area contributed by atoms with Crippen molar-refractivity contribution in [2.45, 2.75) is 448 Å². The quantitative estimate of drug-likeness (QED) is 0.0109. The van der Waals surface area contributed by atoms with Crippen molar-refractivity contribution in [1.82, 2.24) is 4.90 Å². The van der Waals surface area contributed by atoms with Crippen molar-refractivity contribution < 1.29 is 247 Å². The minimum atomic E-state index is -6.06. The van der Waals surface area contributed by atoms with Gasteiger partial charge in [0.1, 0.15) is 45.1 Å². The number of morpholine rings is 1. The third-order valence-corrected chi connectivity index (χ3v) is 26.2. The van der Waals surface area contributed by atoms with E-state index >= 15 is 0 Å². The summed E-state index contributed by atoms with van der Waals surface area (Å²) in [6.07, 6.45) is -58.9. The molecular formula is C94H160F30N2O23S. The number of esters is 7. The molecule has 900 valence electrons. The fraction of sp³-hybridized carbons (Fsp3) is 0.926. The first-order chi connectivity index (χ1) is 66.0. The second kappa shape index (κ2) is 60.0. The molecule has 0 aromatic carbocycles. The van der Waals surface area contributed by atoms with Gasteiger partial charge >= 0.3 is 104 Å². The number of quaternary nitrogens is 1. The Kier molecular flexibility index (Phi) is 62.6. The monoisotopic (exact) mass is 2290 g/mol. The van der Waals surface area contributed by atoms with E-state index in [9.17, 15) is 204 Å². The summed E-state index contributed by atoms with van der Waals surface area (Å²) < 4.78 is 452. The average molecular weight is 2290 g/mol. The zero-order valence-electron chi connectivity index (χ0n) is 91.3. The first kappa shape index (κ1) is 157. The normalized spacial score (nSPS) is 15.2. The highest BCUT2D eigenvalue weighted by Gasteiger charge is 2.82. The summed E-state index contributed by atoms with van der Waals surface area (Å²) in [6, 6.07) is 0. The lowest BCUT2D eigenvalue weighted by Crippen LogP contribution is -3.14. The minimum Gasteiger partial charge on any atom is -0.748 e. The summed E-state index contributed by atoms with van der Waals surface area (Å²) in [7, 11) is -0.0886. The standard InChI is InChI=1S/2C15H24F6O3.C14H27NO3.3C12H18F6O3.C10H21NO2.C4H10O3S/c2*1-6-12(4,5)11(22)24-10(7-9(2)3)8-13(23,14(16,17)18)15(19,20)21;1-2-3-4-5-6-7-14(16)18-13-10-15-8-11-17-12-9-15;3*1-6-8(2,3)7(19)21-9(4,5)10(20,11(13,14)15)12(16,17)18;1-6-10(2,3)9(12)13-8-7-11(4)5;1-3-4(2)8(5,6)7/h2*9-10,23H,6-8H2,1-5H3;2-13H2,1H3;3*20H,6H2,1-5H3;6-8H2,1-5H3;4H,3H2,1-2H3,(H,5,6,7). The summed E-state index contributed by atoms with van der Waals surface area (Å²) in [5, 5.41) is 45.7. The van der Waals surface area contributed by atoms with Crippen molar-refractivity contribution in [2.75, 3.05) is 66.7 Å². The molecule has 6 N–H and O–H groups in total. The number of likely N-dealkylation sites (N-methyl/N-ethyl adjacent to an activating group) is 1. The summed E-state index contributed by atoms with van der Waals surface area (Å²) in [5.74, 6) is -6.39. The molecule has 25 nitrogen and oxygen atoms in total. The molecular weight excluding hydrogens is 2130 g/mol. The van der Waals surface area contributed by atoms with Crippen molar-refractivity contribution in [3.05, 3.63) is 0 Å². The number of rotatable bonds is 42. The molecule has 0 saturated carbocycles. The lowest BCUT2D eigenvalue weighted by molar-refractivity contribution is -0.908. The van der Waals surface area contributed by atoms with Crippen LogP contribution in [0.15, 0.2) is 0 Å². The van der Waals surface area contributed by atoms with Gasteiger partial charge in [0.05, 0.1) is 55.8 Å².